The Morgan fingerprint density at radius 1 is 1.42 bits per heavy atom. The highest BCUT2D eigenvalue weighted by molar-refractivity contribution is 5.53. The zero-order valence-corrected chi connectivity index (χ0v) is 12.7. The van der Waals surface area contributed by atoms with Crippen molar-refractivity contribution in [1.82, 2.24) is 5.32 Å². The summed E-state index contributed by atoms with van der Waals surface area (Å²) in [6, 6.07) is 11.1. The van der Waals surface area contributed by atoms with E-state index in [9.17, 15) is 5.26 Å². The van der Waals surface area contributed by atoms with Gasteiger partial charge in [0.1, 0.15) is 5.54 Å². The first kappa shape index (κ1) is 15.5. The molecule has 2 atom stereocenters. The summed E-state index contributed by atoms with van der Waals surface area (Å²) >= 11 is 0. The van der Waals surface area contributed by atoms with Crippen molar-refractivity contribution in [2.75, 3.05) is 18.5 Å². The van der Waals surface area contributed by atoms with E-state index in [1.165, 1.54) is 11.3 Å². The highest BCUT2D eigenvalue weighted by Gasteiger charge is 2.27. The van der Waals surface area contributed by atoms with Crippen LogP contribution in [0.15, 0.2) is 24.3 Å². The van der Waals surface area contributed by atoms with Crippen LogP contribution in [0.5, 0.6) is 0 Å². The number of hydrogen-bond donors (Lipinski definition) is 1. The molecule has 2 unspecified atom stereocenters. The third-order valence-electron chi connectivity index (χ3n) is 3.80. The molecule has 0 aromatic heterocycles. The minimum Gasteiger partial charge on any atom is -0.369 e. The van der Waals surface area contributed by atoms with Crippen molar-refractivity contribution < 1.29 is 0 Å². The topological polar surface area (TPSA) is 39.1 Å². The Hall–Kier alpha value is -1.53. The predicted molar refractivity (Wildman–Crippen MR) is 81.4 cm³/mol. The van der Waals surface area contributed by atoms with E-state index in [0.29, 0.717) is 6.04 Å². The van der Waals surface area contributed by atoms with Gasteiger partial charge in [0.25, 0.3) is 0 Å². The molecule has 0 heterocycles. The van der Waals surface area contributed by atoms with Gasteiger partial charge in [-0.3, -0.25) is 0 Å². The van der Waals surface area contributed by atoms with Crippen molar-refractivity contribution in [2.24, 2.45) is 0 Å². The fourth-order valence-corrected chi connectivity index (χ4v) is 2.51. The summed E-state index contributed by atoms with van der Waals surface area (Å²) in [6.07, 6.45) is 0.794. The fraction of sp³-hybridized carbons (Fsp3) is 0.562. The minimum absolute atomic E-state index is 0.309. The first-order chi connectivity index (χ1) is 8.97. The second-order valence-corrected chi connectivity index (χ2v) is 5.32. The number of aryl methyl sites for hydroxylation is 1. The summed E-state index contributed by atoms with van der Waals surface area (Å²) in [6.45, 7) is 9.37. The lowest BCUT2D eigenvalue weighted by atomic mass is 9.94. The van der Waals surface area contributed by atoms with Gasteiger partial charge in [0.2, 0.25) is 0 Å². The normalized spacial score (nSPS) is 15.4. The molecule has 104 valence electrons. The van der Waals surface area contributed by atoms with Crippen LogP contribution in [-0.2, 0) is 0 Å². The summed E-state index contributed by atoms with van der Waals surface area (Å²) in [5.74, 6) is 0. The van der Waals surface area contributed by atoms with Crippen LogP contribution in [0.25, 0.3) is 0 Å². The van der Waals surface area contributed by atoms with Gasteiger partial charge in [-0.05, 0) is 52.8 Å². The molecule has 0 fully saturated rings. The van der Waals surface area contributed by atoms with Crippen molar-refractivity contribution in [3.63, 3.8) is 0 Å². The molecule has 1 aromatic carbocycles. The van der Waals surface area contributed by atoms with Crippen molar-refractivity contribution in [3.8, 4) is 6.07 Å². The summed E-state index contributed by atoms with van der Waals surface area (Å²) in [7, 11) is 1.85. The lowest BCUT2D eigenvalue weighted by Crippen LogP contribution is -2.46. The number of nitriles is 1. The van der Waals surface area contributed by atoms with Crippen LogP contribution < -0.4 is 10.2 Å². The Kier molecular flexibility index (Phi) is 5.38. The van der Waals surface area contributed by atoms with Gasteiger partial charge < -0.3 is 10.2 Å². The third-order valence-corrected chi connectivity index (χ3v) is 3.80. The van der Waals surface area contributed by atoms with Crippen LogP contribution in [0.1, 0.15) is 32.8 Å². The van der Waals surface area contributed by atoms with E-state index in [-0.39, 0.29) is 0 Å². The molecule has 0 bridgehead atoms. The number of para-hydroxylation sites is 1. The Bertz CT molecular complexity index is 450. The van der Waals surface area contributed by atoms with Crippen LogP contribution in [-0.4, -0.2) is 25.2 Å². The molecule has 0 saturated heterocycles. The van der Waals surface area contributed by atoms with Gasteiger partial charge in [-0.25, -0.2) is 0 Å². The molecule has 3 nitrogen and oxygen atoms in total. The summed E-state index contributed by atoms with van der Waals surface area (Å²) in [4.78, 5) is 2.36. The van der Waals surface area contributed by atoms with E-state index in [1.807, 2.05) is 14.0 Å². The van der Waals surface area contributed by atoms with Crippen LogP contribution in [0.4, 0.5) is 5.69 Å². The predicted octanol–water partition coefficient (Wildman–Crippen LogP) is 3.10. The third kappa shape index (κ3) is 3.71. The second kappa shape index (κ2) is 6.58. The fourth-order valence-electron chi connectivity index (χ4n) is 2.51. The van der Waals surface area contributed by atoms with E-state index in [1.54, 1.807) is 0 Å². The average molecular weight is 259 g/mol. The molecule has 1 rings (SSSR count). The quantitative estimate of drug-likeness (QED) is 0.853. The first-order valence-corrected chi connectivity index (χ1v) is 6.90. The van der Waals surface area contributed by atoms with Crippen LogP contribution in [0, 0.1) is 18.3 Å². The van der Waals surface area contributed by atoms with Gasteiger partial charge >= 0.3 is 0 Å². The highest BCUT2D eigenvalue weighted by Crippen LogP contribution is 2.25. The molecule has 0 spiro atoms. The summed E-state index contributed by atoms with van der Waals surface area (Å²) < 4.78 is 0. The molecule has 0 amide bonds. The molecule has 0 aliphatic rings. The molecular formula is C16H25N3. The monoisotopic (exact) mass is 259 g/mol. The Morgan fingerprint density at radius 3 is 2.53 bits per heavy atom. The molecule has 0 aliphatic heterocycles. The van der Waals surface area contributed by atoms with E-state index >= 15 is 0 Å². The molecule has 0 saturated carbocycles. The van der Waals surface area contributed by atoms with Crippen molar-refractivity contribution in [1.29, 1.82) is 5.26 Å². The first-order valence-electron chi connectivity index (χ1n) is 6.90. The molecule has 1 aromatic rings. The summed E-state index contributed by atoms with van der Waals surface area (Å²) in [5.41, 5.74) is 2.06. The van der Waals surface area contributed by atoms with E-state index < -0.39 is 5.54 Å². The maximum Gasteiger partial charge on any atom is 0.105 e. The smallest absolute Gasteiger partial charge is 0.105 e. The van der Waals surface area contributed by atoms with Gasteiger partial charge in [-0.15, -0.1) is 0 Å². The number of rotatable bonds is 6. The van der Waals surface area contributed by atoms with Gasteiger partial charge in [-0.2, -0.15) is 5.26 Å². The van der Waals surface area contributed by atoms with Crippen LogP contribution >= 0.6 is 0 Å². The number of nitrogens with one attached hydrogen (secondary N) is 1. The Morgan fingerprint density at radius 2 is 2.05 bits per heavy atom. The van der Waals surface area contributed by atoms with E-state index in [2.05, 4.69) is 61.3 Å². The molecule has 1 N–H and O–H groups in total. The van der Waals surface area contributed by atoms with Crippen molar-refractivity contribution in [2.45, 2.75) is 45.7 Å². The van der Waals surface area contributed by atoms with Crippen LogP contribution in [0.2, 0.25) is 0 Å². The molecular weight excluding hydrogens is 234 g/mol. The maximum atomic E-state index is 9.28. The highest BCUT2D eigenvalue weighted by atomic mass is 15.2. The Balaban J connectivity index is 2.93. The number of nitrogens with zero attached hydrogens (tertiary/aromatic N) is 2. The molecule has 0 aliphatic carbocycles. The largest absolute Gasteiger partial charge is 0.369 e. The molecule has 0 radical (unpaired) electrons. The molecule has 19 heavy (non-hydrogen) atoms. The second-order valence-electron chi connectivity index (χ2n) is 5.32. The lowest BCUT2D eigenvalue weighted by Gasteiger charge is -2.35. The standard InChI is InChI=1S/C16H25N3/c1-6-19(15-10-8-7-9-13(15)2)14(3)11-16(4,12-17)18-5/h7-10,14,18H,6,11H2,1-5H3. The number of hydrogen-bond acceptors (Lipinski definition) is 3. The minimum atomic E-state index is -0.477. The van der Waals surface area contributed by atoms with Crippen molar-refractivity contribution in [3.05, 3.63) is 29.8 Å². The zero-order chi connectivity index (χ0) is 14.5. The van der Waals surface area contributed by atoms with Crippen molar-refractivity contribution >= 4 is 5.69 Å². The van der Waals surface area contributed by atoms with Gasteiger partial charge in [-0.1, -0.05) is 18.2 Å². The van der Waals surface area contributed by atoms with E-state index in [4.69, 9.17) is 0 Å². The number of benzene rings is 1. The average Bonchev–Trinajstić information content (AvgIpc) is 2.41. The zero-order valence-electron chi connectivity index (χ0n) is 12.7. The lowest BCUT2D eigenvalue weighted by molar-refractivity contribution is 0.409. The van der Waals surface area contributed by atoms with E-state index in [0.717, 1.165) is 13.0 Å². The molecule has 3 heteroatoms. The van der Waals surface area contributed by atoms with Gasteiger partial charge in [0, 0.05) is 18.3 Å². The van der Waals surface area contributed by atoms with Gasteiger partial charge in [0.15, 0.2) is 0 Å². The Labute approximate surface area is 117 Å². The number of anilines is 1. The SMILES string of the molecule is CCN(c1ccccc1C)C(C)CC(C)(C#N)NC. The maximum absolute atomic E-state index is 9.28. The van der Waals surface area contributed by atoms with Gasteiger partial charge in [0.05, 0.1) is 6.07 Å². The van der Waals surface area contributed by atoms with Crippen LogP contribution in [0.3, 0.4) is 0 Å². The summed E-state index contributed by atoms with van der Waals surface area (Å²) in [5, 5.41) is 12.4.